The average molecular weight is 375 g/mol. The number of amides is 3. The molecule has 0 aromatic heterocycles. The molecule has 0 bridgehead atoms. The fourth-order valence-electron chi connectivity index (χ4n) is 2.49. The van der Waals surface area contributed by atoms with Gasteiger partial charge in [-0.2, -0.15) is 0 Å². The minimum atomic E-state index is -1.02. The van der Waals surface area contributed by atoms with Gasteiger partial charge in [-0.05, 0) is 25.0 Å². The van der Waals surface area contributed by atoms with Crippen molar-refractivity contribution in [3.05, 3.63) is 24.3 Å². The number of ether oxygens (including phenoxy) is 2. The Labute approximate surface area is 156 Å². The zero-order valence-electron chi connectivity index (χ0n) is 14.9. The summed E-state index contributed by atoms with van der Waals surface area (Å²) in [4.78, 5) is 48.7. The first-order valence-corrected chi connectivity index (χ1v) is 8.68. The molecule has 3 rings (SSSR count). The molecule has 9 heteroatoms. The normalized spacial score (nSPS) is 17.8. The van der Waals surface area contributed by atoms with Crippen LogP contribution < -0.4 is 15.4 Å². The van der Waals surface area contributed by atoms with Crippen molar-refractivity contribution >= 4 is 29.4 Å². The third-order valence-corrected chi connectivity index (χ3v) is 4.16. The number of rotatable bonds is 7. The van der Waals surface area contributed by atoms with Crippen LogP contribution in [0.5, 0.6) is 5.75 Å². The van der Waals surface area contributed by atoms with E-state index in [0.29, 0.717) is 11.4 Å². The molecule has 1 aromatic carbocycles. The number of benzene rings is 1. The van der Waals surface area contributed by atoms with Gasteiger partial charge in [0.15, 0.2) is 12.7 Å². The number of carbonyl (C=O) groups is 4. The van der Waals surface area contributed by atoms with Gasteiger partial charge in [-0.25, -0.2) is 0 Å². The molecule has 1 heterocycles. The molecule has 1 unspecified atom stereocenters. The minimum absolute atomic E-state index is 0.0994. The summed E-state index contributed by atoms with van der Waals surface area (Å²) in [6, 6.07) is 7.09. The second-order valence-electron chi connectivity index (χ2n) is 6.55. The Balaban J connectivity index is 1.41. The van der Waals surface area contributed by atoms with E-state index in [9.17, 15) is 19.2 Å². The van der Waals surface area contributed by atoms with E-state index in [-0.39, 0.29) is 24.9 Å². The Hall–Kier alpha value is -3.10. The van der Waals surface area contributed by atoms with Crippen LogP contribution in [0.4, 0.5) is 5.69 Å². The van der Waals surface area contributed by atoms with Crippen LogP contribution in [0, 0.1) is 0 Å². The Morgan fingerprint density at radius 1 is 1.30 bits per heavy atom. The largest absolute Gasteiger partial charge is 0.478 e. The number of carbonyl (C=O) groups excluding carboxylic acids is 4. The number of fused-ring (bicyclic) bond motifs is 1. The van der Waals surface area contributed by atoms with Gasteiger partial charge in [-0.15, -0.1) is 0 Å². The van der Waals surface area contributed by atoms with Crippen LogP contribution in [-0.2, 0) is 23.9 Å². The molecule has 1 fully saturated rings. The van der Waals surface area contributed by atoms with Gasteiger partial charge in [0.1, 0.15) is 5.75 Å². The van der Waals surface area contributed by atoms with E-state index < -0.39 is 30.5 Å². The Morgan fingerprint density at radius 3 is 2.78 bits per heavy atom. The highest BCUT2D eigenvalue weighted by Gasteiger charge is 2.30. The van der Waals surface area contributed by atoms with Crippen molar-refractivity contribution in [2.45, 2.75) is 31.4 Å². The number of nitrogens with one attached hydrogen (secondary N) is 2. The van der Waals surface area contributed by atoms with Gasteiger partial charge in [-0.3, -0.25) is 19.2 Å². The van der Waals surface area contributed by atoms with E-state index in [2.05, 4.69) is 10.6 Å². The SMILES string of the molecule is CN(CC(=O)NC1CC1)C(=O)COC(=O)CC1Oc2ccccc2NC1=O. The summed E-state index contributed by atoms with van der Waals surface area (Å²) in [6.07, 6.45) is 0.578. The fourth-order valence-corrected chi connectivity index (χ4v) is 2.49. The highest BCUT2D eigenvalue weighted by molar-refractivity contribution is 5.99. The van der Waals surface area contributed by atoms with Gasteiger partial charge in [-0.1, -0.05) is 12.1 Å². The third-order valence-electron chi connectivity index (χ3n) is 4.16. The fraction of sp³-hybridized carbons (Fsp3) is 0.444. The summed E-state index contributed by atoms with van der Waals surface area (Å²) in [7, 11) is 1.46. The number of anilines is 1. The summed E-state index contributed by atoms with van der Waals surface area (Å²) >= 11 is 0. The van der Waals surface area contributed by atoms with E-state index in [1.165, 1.54) is 11.9 Å². The predicted octanol–water partition coefficient (Wildman–Crippen LogP) is 0.0564. The van der Waals surface area contributed by atoms with Crippen molar-refractivity contribution < 1.29 is 28.7 Å². The van der Waals surface area contributed by atoms with Crippen LogP contribution in [0.2, 0.25) is 0 Å². The van der Waals surface area contributed by atoms with Crippen molar-refractivity contribution in [3.8, 4) is 5.75 Å². The number of likely N-dealkylation sites (N-methyl/N-ethyl adjacent to an activating group) is 1. The maximum Gasteiger partial charge on any atom is 0.310 e. The van der Waals surface area contributed by atoms with Crippen LogP contribution in [0.1, 0.15) is 19.3 Å². The summed E-state index contributed by atoms with van der Waals surface area (Å²) in [5, 5.41) is 5.42. The molecule has 0 saturated heterocycles. The van der Waals surface area contributed by atoms with Gasteiger partial charge < -0.3 is 25.0 Å². The molecule has 1 aliphatic carbocycles. The van der Waals surface area contributed by atoms with Crippen LogP contribution in [0.15, 0.2) is 24.3 Å². The third kappa shape index (κ3) is 5.19. The lowest BCUT2D eigenvalue weighted by atomic mass is 10.1. The second kappa shape index (κ2) is 8.07. The molecule has 1 aliphatic heterocycles. The first kappa shape index (κ1) is 18.7. The quantitative estimate of drug-likeness (QED) is 0.651. The first-order valence-electron chi connectivity index (χ1n) is 8.68. The van der Waals surface area contributed by atoms with E-state index in [1.54, 1.807) is 24.3 Å². The summed E-state index contributed by atoms with van der Waals surface area (Å²) in [5.41, 5.74) is 0.536. The van der Waals surface area contributed by atoms with Gasteiger partial charge in [0, 0.05) is 13.1 Å². The molecule has 1 atom stereocenters. The van der Waals surface area contributed by atoms with Crippen LogP contribution in [0.25, 0.3) is 0 Å². The van der Waals surface area contributed by atoms with Gasteiger partial charge >= 0.3 is 5.97 Å². The lowest BCUT2D eigenvalue weighted by Gasteiger charge is -2.25. The topological polar surface area (TPSA) is 114 Å². The molecule has 2 N–H and O–H groups in total. The standard InChI is InChI=1S/C18H21N3O6/c1-21(9-15(22)19-11-6-7-11)16(23)10-26-17(24)8-14-18(25)20-12-4-2-3-5-13(12)27-14/h2-5,11,14H,6-10H2,1H3,(H,19,22)(H,20,25). The maximum absolute atomic E-state index is 12.0. The van der Waals surface area contributed by atoms with Gasteiger partial charge in [0.2, 0.25) is 5.91 Å². The lowest BCUT2D eigenvalue weighted by Crippen LogP contribution is -2.41. The zero-order chi connectivity index (χ0) is 19.4. The van der Waals surface area contributed by atoms with Crippen molar-refractivity contribution in [2.24, 2.45) is 0 Å². The lowest BCUT2D eigenvalue weighted by molar-refractivity contribution is -0.154. The second-order valence-corrected chi connectivity index (χ2v) is 6.55. The van der Waals surface area contributed by atoms with Gasteiger partial charge in [0.25, 0.3) is 11.8 Å². The molecule has 3 amide bonds. The monoisotopic (exact) mass is 375 g/mol. The number of para-hydroxylation sites is 2. The van der Waals surface area contributed by atoms with Crippen LogP contribution in [-0.4, -0.2) is 60.9 Å². The number of esters is 1. The Morgan fingerprint density at radius 2 is 2.04 bits per heavy atom. The zero-order valence-corrected chi connectivity index (χ0v) is 14.9. The maximum atomic E-state index is 12.0. The number of nitrogens with zero attached hydrogens (tertiary/aromatic N) is 1. The smallest absolute Gasteiger partial charge is 0.310 e. The first-order chi connectivity index (χ1) is 12.9. The Kier molecular flexibility index (Phi) is 5.58. The van der Waals surface area contributed by atoms with Crippen molar-refractivity contribution in [1.29, 1.82) is 0 Å². The van der Waals surface area contributed by atoms with Crippen molar-refractivity contribution in [1.82, 2.24) is 10.2 Å². The molecule has 1 saturated carbocycles. The van der Waals surface area contributed by atoms with E-state index in [4.69, 9.17) is 9.47 Å². The minimum Gasteiger partial charge on any atom is -0.478 e. The van der Waals surface area contributed by atoms with E-state index in [0.717, 1.165) is 12.8 Å². The van der Waals surface area contributed by atoms with Crippen LogP contribution >= 0.6 is 0 Å². The summed E-state index contributed by atoms with van der Waals surface area (Å²) < 4.78 is 10.4. The molecule has 27 heavy (non-hydrogen) atoms. The summed E-state index contributed by atoms with van der Waals surface area (Å²) in [6.45, 7) is -0.602. The highest BCUT2D eigenvalue weighted by atomic mass is 16.5. The average Bonchev–Trinajstić information content (AvgIpc) is 3.44. The number of hydrogen-bond acceptors (Lipinski definition) is 6. The van der Waals surface area contributed by atoms with Crippen LogP contribution in [0.3, 0.4) is 0 Å². The molecular weight excluding hydrogens is 354 g/mol. The molecule has 0 spiro atoms. The molecular formula is C18H21N3O6. The van der Waals surface area contributed by atoms with E-state index in [1.807, 2.05) is 0 Å². The highest BCUT2D eigenvalue weighted by Crippen LogP contribution is 2.29. The molecule has 9 nitrogen and oxygen atoms in total. The van der Waals surface area contributed by atoms with Crippen molar-refractivity contribution in [3.63, 3.8) is 0 Å². The van der Waals surface area contributed by atoms with Gasteiger partial charge in [0.05, 0.1) is 18.7 Å². The molecule has 1 aromatic rings. The molecule has 2 aliphatic rings. The predicted molar refractivity (Wildman–Crippen MR) is 93.9 cm³/mol. The van der Waals surface area contributed by atoms with E-state index >= 15 is 0 Å². The molecule has 0 radical (unpaired) electrons. The van der Waals surface area contributed by atoms with Crippen molar-refractivity contribution in [2.75, 3.05) is 25.5 Å². The number of hydrogen-bond donors (Lipinski definition) is 2. The molecule has 144 valence electrons. The summed E-state index contributed by atoms with van der Waals surface area (Å²) in [5.74, 6) is -1.48. The Bertz CT molecular complexity index is 761.